The Bertz CT molecular complexity index is 828. The van der Waals surface area contributed by atoms with E-state index >= 15 is 0 Å². The third-order valence-corrected chi connectivity index (χ3v) is 4.43. The number of furan rings is 1. The standard InChI is InChI=1S/C18H18N2O4S/c1-3-23-15-7-5-4-6-14(15)19-11-20-17(21)16(25-18(20)22)10-13-9-8-12(2)24-13/h4-10,19H,3,11H2,1-2H3/b16-10-. The van der Waals surface area contributed by atoms with E-state index in [2.05, 4.69) is 5.32 Å². The van der Waals surface area contributed by atoms with Gasteiger partial charge in [0.25, 0.3) is 11.1 Å². The summed E-state index contributed by atoms with van der Waals surface area (Å²) in [6.07, 6.45) is 1.59. The first kappa shape index (κ1) is 17.2. The molecule has 6 nitrogen and oxygen atoms in total. The molecule has 0 atom stereocenters. The first-order valence-corrected chi connectivity index (χ1v) is 8.67. The summed E-state index contributed by atoms with van der Waals surface area (Å²) in [5, 5.41) is 2.77. The fraction of sp³-hybridized carbons (Fsp3) is 0.222. The van der Waals surface area contributed by atoms with Crippen LogP contribution in [0.25, 0.3) is 6.08 Å². The molecule has 1 saturated heterocycles. The molecule has 1 fully saturated rings. The Labute approximate surface area is 149 Å². The second-order valence-electron chi connectivity index (χ2n) is 5.32. The Morgan fingerprint density at radius 1 is 1.24 bits per heavy atom. The fourth-order valence-corrected chi connectivity index (χ4v) is 3.17. The largest absolute Gasteiger partial charge is 0.492 e. The highest BCUT2D eigenvalue weighted by molar-refractivity contribution is 8.18. The predicted octanol–water partition coefficient (Wildman–Crippen LogP) is 4.09. The fourth-order valence-electron chi connectivity index (χ4n) is 2.35. The van der Waals surface area contributed by atoms with Crippen LogP contribution in [0.5, 0.6) is 5.75 Å². The number of rotatable bonds is 6. The average molecular weight is 358 g/mol. The van der Waals surface area contributed by atoms with E-state index in [0.29, 0.717) is 23.0 Å². The molecule has 1 aromatic carbocycles. The summed E-state index contributed by atoms with van der Waals surface area (Å²) in [5.41, 5.74) is 0.731. The minimum absolute atomic E-state index is 0.0727. The molecule has 0 saturated carbocycles. The smallest absolute Gasteiger partial charge is 0.295 e. The van der Waals surface area contributed by atoms with E-state index < -0.39 is 0 Å². The molecule has 130 valence electrons. The van der Waals surface area contributed by atoms with Crippen molar-refractivity contribution in [2.75, 3.05) is 18.6 Å². The second kappa shape index (κ2) is 7.48. The molecule has 7 heteroatoms. The Hall–Kier alpha value is -2.67. The summed E-state index contributed by atoms with van der Waals surface area (Å²) in [6.45, 7) is 4.33. The molecular weight excluding hydrogens is 340 g/mol. The molecule has 0 radical (unpaired) electrons. The number of amides is 2. The van der Waals surface area contributed by atoms with Crippen LogP contribution < -0.4 is 10.1 Å². The Kier molecular flexibility index (Phi) is 5.14. The molecular formula is C18H18N2O4S. The number of thioether (sulfide) groups is 1. The van der Waals surface area contributed by atoms with Gasteiger partial charge in [0.05, 0.1) is 23.9 Å². The van der Waals surface area contributed by atoms with Gasteiger partial charge in [0.1, 0.15) is 17.3 Å². The minimum Gasteiger partial charge on any atom is -0.492 e. The topological polar surface area (TPSA) is 71.8 Å². The Balaban J connectivity index is 1.70. The number of ether oxygens (including phenoxy) is 1. The molecule has 1 aliphatic heterocycles. The molecule has 0 bridgehead atoms. The number of carbonyl (C=O) groups excluding carboxylic acids is 2. The van der Waals surface area contributed by atoms with Crippen molar-refractivity contribution in [1.29, 1.82) is 0 Å². The van der Waals surface area contributed by atoms with E-state index in [0.717, 1.165) is 28.1 Å². The van der Waals surface area contributed by atoms with Crippen molar-refractivity contribution in [1.82, 2.24) is 4.90 Å². The lowest BCUT2D eigenvalue weighted by atomic mass is 10.3. The lowest BCUT2D eigenvalue weighted by Gasteiger charge is -2.16. The van der Waals surface area contributed by atoms with E-state index in [9.17, 15) is 9.59 Å². The van der Waals surface area contributed by atoms with Gasteiger partial charge in [0.15, 0.2) is 0 Å². The third-order valence-electron chi connectivity index (χ3n) is 3.52. The van der Waals surface area contributed by atoms with Crippen LogP contribution in [-0.4, -0.2) is 29.3 Å². The number of benzene rings is 1. The van der Waals surface area contributed by atoms with E-state index in [-0.39, 0.29) is 17.8 Å². The van der Waals surface area contributed by atoms with Crippen molar-refractivity contribution in [3.8, 4) is 5.75 Å². The van der Waals surface area contributed by atoms with Crippen LogP contribution in [0.1, 0.15) is 18.4 Å². The molecule has 1 aliphatic rings. The zero-order valence-electron chi connectivity index (χ0n) is 13.9. The quantitative estimate of drug-likeness (QED) is 0.784. The number of hydrogen-bond donors (Lipinski definition) is 1. The Morgan fingerprint density at radius 3 is 2.76 bits per heavy atom. The second-order valence-corrected chi connectivity index (χ2v) is 6.32. The molecule has 0 unspecified atom stereocenters. The summed E-state index contributed by atoms with van der Waals surface area (Å²) in [5.74, 6) is 1.64. The number of imide groups is 1. The molecule has 0 spiro atoms. The highest BCUT2D eigenvalue weighted by atomic mass is 32.2. The SMILES string of the molecule is CCOc1ccccc1NCN1C(=O)S/C(=C\c2ccc(C)o2)C1=O. The molecule has 2 heterocycles. The number of nitrogens with zero attached hydrogens (tertiary/aromatic N) is 1. The van der Waals surface area contributed by atoms with Crippen LogP contribution in [0.15, 0.2) is 45.7 Å². The van der Waals surface area contributed by atoms with Crippen LogP contribution in [0.3, 0.4) is 0 Å². The monoisotopic (exact) mass is 358 g/mol. The van der Waals surface area contributed by atoms with Crippen molar-refractivity contribution in [2.24, 2.45) is 0 Å². The maximum absolute atomic E-state index is 12.5. The summed E-state index contributed by atoms with van der Waals surface area (Å²) in [7, 11) is 0. The summed E-state index contributed by atoms with van der Waals surface area (Å²) in [6, 6.07) is 11.0. The van der Waals surface area contributed by atoms with Gasteiger partial charge in [-0.15, -0.1) is 0 Å². The molecule has 2 aromatic rings. The van der Waals surface area contributed by atoms with Gasteiger partial charge >= 0.3 is 0 Å². The van der Waals surface area contributed by atoms with Crippen molar-refractivity contribution in [3.05, 3.63) is 52.8 Å². The lowest BCUT2D eigenvalue weighted by molar-refractivity contribution is -0.122. The van der Waals surface area contributed by atoms with Gasteiger partial charge in [-0.3, -0.25) is 14.5 Å². The maximum Gasteiger partial charge on any atom is 0.295 e. The third kappa shape index (κ3) is 3.88. The summed E-state index contributed by atoms with van der Waals surface area (Å²) < 4.78 is 11.0. The molecule has 2 amide bonds. The van der Waals surface area contributed by atoms with Crippen LogP contribution in [-0.2, 0) is 4.79 Å². The zero-order valence-corrected chi connectivity index (χ0v) is 14.8. The normalized spacial score (nSPS) is 15.9. The van der Waals surface area contributed by atoms with Crippen molar-refractivity contribution >= 4 is 34.7 Å². The zero-order chi connectivity index (χ0) is 17.8. The summed E-state index contributed by atoms with van der Waals surface area (Å²) in [4.78, 5) is 26.1. The first-order valence-electron chi connectivity index (χ1n) is 7.86. The number of anilines is 1. The van der Waals surface area contributed by atoms with E-state index in [4.69, 9.17) is 9.15 Å². The van der Waals surface area contributed by atoms with Crippen LogP contribution in [0.2, 0.25) is 0 Å². The average Bonchev–Trinajstić information content (AvgIpc) is 3.11. The molecule has 1 aromatic heterocycles. The van der Waals surface area contributed by atoms with Gasteiger partial charge in [-0.25, -0.2) is 0 Å². The van der Waals surface area contributed by atoms with E-state index in [1.54, 1.807) is 12.1 Å². The van der Waals surface area contributed by atoms with E-state index in [1.807, 2.05) is 44.2 Å². The highest BCUT2D eigenvalue weighted by Crippen LogP contribution is 2.33. The number of carbonyl (C=O) groups is 2. The number of hydrogen-bond acceptors (Lipinski definition) is 6. The Morgan fingerprint density at radius 2 is 2.04 bits per heavy atom. The van der Waals surface area contributed by atoms with Crippen LogP contribution >= 0.6 is 11.8 Å². The van der Waals surface area contributed by atoms with Crippen LogP contribution in [0.4, 0.5) is 10.5 Å². The van der Waals surface area contributed by atoms with Gasteiger partial charge in [-0.05, 0) is 49.9 Å². The number of aryl methyl sites for hydroxylation is 1. The van der Waals surface area contributed by atoms with Crippen molar-refractivity contribution in [3.63, 3.8) is 0 Å². The van der Waals surface area contributed by atoms with E-state index in [1.165, 1.54) is 0 Å². The number of para-hydroxylation sites is 2. The molecule has 25 heavy (non-hydrogen) atoms. The van der Waals surface area contributed by atoms with Gasteiger partial charge < -0.3 is 14.5 Å². The molecule has 3 rings (SSSR count). The van der Waals surface area contributed by atoms with Gasteiger partial charge in [0.2, 0.25) is 0 Å². The van der Waals surface area contributed by atoms with Gasteiger partial charge in [0, 0.05) is 6.08 Å². The number of nitrogens with one attached hydrogen (secondary N) is 1. The summed E-state index contributed by atoms with van der Waals surface area (Å²) >= 11 is 0.903. The molecule has 1 N–H and O–H groups in total. The van der Waals surface area contributed by atoms with Gasteiger partial charge in [-0.2, -0.15) is 0 Å². The highest BCUT2D eigenvalue weighted by Gasteiger charge is 2.35. The lowest BCUT2D eigenvalue weighted by Crippen LogP contribution is -2.33. The minimum atomic E-state index is -0.342. The molecule has 0 aliphatic carbocycles. The predicted molar refractivity (Wildman–Crippen MR) is 97.4 cm³/mol. The van der Waals surface area contributed by atoms with Gasteiger partial charge in [-0.1, -0.05) is 12.1 Å². The van der Waals surface area contributed by atoms with Crippen molar-refractivity contribution in [2.45, 2.75) is 13.8 Å². The van der Waals surface area contributed by atoms with Crippen LogP contribution in [0, 0.1) is 6.92 Å². The first-order chi connectivity index (χ1) is 12.1. The maximum atomic E-state index is 12.5. The van der Waals surface area contributed by atoms with Crippen molar-refractivity contribution < 1.29 is 18.7 Å².